The Hall–Kier alpha value is -1.73. The minimum absolute atomic E-state index is 0.121. The van der Waals surface area contributed by atoms with Crippen molar-refractivity contribution in [2.24, 2.45) is 0 Å². The van der Waals surface area contributed by atoms with Crippen LogP contribution in [0.1, 0.15) is 24.4 Å². The van der Waals surface area contributed by atoms with E-state index in [1.807, 2.05) is 25.2 Å². The van der Waals surface area contributed by atoms with E-state index in [0.717, 1.165) is 23.5 Å². The third-order valence-corrected chi connectivity index (χ3v) is 2.71. The lowest BCUT2D eigenvalue weighted by molar-refractivity contribution is 0.384. The van der Waals surface area contributed by atoms with Crippen molar-refractivity contribution in [3.8, 4) is 17.6 Å². The van der Waals surface area contributed by atoms with Crippen LogP contribution in [0.25, 0.3) is 0 Å². The number of nitrogens with zero attached hydrogens (tertiary/aromatic N) is 1. The summed E-state index contributed by atoms with van der Waals surface area (Å²) in [5.41, 5.74) is 1.05. The number of methoxy groups -OCH3 is 2. The molecule has 17 heavy (non-hydrogen) atoms. The Kier molecular flexibility index (Phi) is 5.31. The lowest BCUT2D eigenvalue weighted by atomic mass is 10.0. The maximum atomic E-state index is 8.64. The summed E-state index contributed by atoms with van der Waals surface area (Å²) in [5, 5.41) is 11.8. The van der Waals surface area contributed by atoms with Crippen molar-refractivity contribution < 1.29 is 9.47 Å². The second-order valence-electron chi connectivity index (χ2n) is 3.65. The summed E-state index contributed by atoms with van der Waals surface area (Å²) < 4.78 is 10.5. The zero-order valence-corrected chi connectivity index (χ0v) is 10.5. The molecule has 0 saturated heterocycles. The van der Waals surface area contributed by atoms with Crippen molar-refractivity contribution in [2.45, 2.75) is 18.9 Å². The first-order chi connectivity index (χ1) is 8.26. The quantitative estimate of drug-likeness (QED) is 0.820. The zero-order chi connectivity index (χ0) is 12.7. The Morgan fingerprint density at radius 3 is 2.65 bits per heavy atom. The van der Waals surface area contributed by atoms with E-state index in [1.54, 1.807) is 14.2 Å². The Balaban J connectivity index is 2.98. The fraction of sp³-hybridized carbons (Fsp3) is 0.462. The number of rotatable bonds is 6. The molecule has 1 unspecified atom stereocenters. The molecule has 1 rings (SSSR count). The highest BCUT2D eigenvalue weighted by Crippen LogP contribution is 2.31. The summed E-state index contributed by atoms with van der Waals surface area (Å²) in [4.78, 5) is 0. The summed E-state index contributed by atoms with van der Waals surface area (Å²) in [6, 6.07) is 8.00. The van der Waals surface area contributed by atoms with Gasteiger partial charge in [-0.25, -0.2) is 0 Å². The molecule has 0 aromatic heterocycles. The summed E-state index contributed by atoms with van der Waals surface area (Å²) in [7, 11) is 5.14. The van der Waals surface area contributed by atoms with Crippen molar-refractivity contribution in [3.05, 3.63) is 23.8 Å². The van der Waals surface area contributed by atoms with Gasteiger partial charge in [-0.15, -0.1) is 0 Å². The first kappa shape index (κ1) is 13.3. The van der Waals surface area contributed by atoms with Crippen molar-refractivity contribution in [1.82, 2.24) is 5.32 Å². The van der Waals surface area contributed by atoms with Crippen molar-refractivity contribution >= 4 is 0 Å². The average molecular weight is 234 g/mol. The highest BCUT2D eigenvalue weighted by atomic mass is 16.5. The van der Waals surface area contributed by atoms with E-state index in [-0.39, 0.29) is 6.04 Å². The van der Waals surface area contributed by atoms with Gasteiger partial charge in [0.15, 0.2) is 0 Å². The van der Waals surface area contributed by atoms with Gasteiger partial charge < -0.3 is 14.8 Å². The predicted molar refractivity (Wildman–Crippen MR) is 66.2 cm³/mol. The van der Waals surface area contributed by atoms with Gasteiger partial charge in [0.25, 0.3) is 0 Å². The predicted octanol–water partition coefficient (Wildman–Crippen LogP) is 2.27. The molecule has 0 bridgehead atoms. The van der Waals surface area contributed by atoms with Crippen LogP contribution < -0.4 is 14.8 Å². The van der Waals surface area contributed by atoms with Crippen LogP contribution in [0.2, 0.25) is 0 Å². The second kappa shape index (κ2) is 6.77. The Labute approximate surface area is 102 Å². The van der Waals surface area contributed by atoms with Gasteiger partial charge in [-0.1, -0.05) is 6.07 Å². The van der Waals surface area contributed by atoms with Gasteiger partial charge in [-0.2, -0.15) is 5.26 Å². The van der Waals surface area contributed by atoms with E-state index >= 15 is 0 Å². The molecule has 0 amide bonds. The van der Waals surface area contributed by atoms with Crippen LogP contribution in [0.15, 0.2) is 18.2 Å². The zero-order valence-electron chi connectivity index (χ0n) is 10.5. The summed E-state index contributed by atoms with van der Waals surface area (Å²) in [6.45, 7) is 0. The van der Waals surface area contributed by atoms with Crippen LogP contribution in [0.4, 0.5) is 0 Å². The minimum atomic E-state index is 0.121. The van der Waals surface area contributed by atoms with Gasteiger partial charge in [0.2, 0.25) is 0 Å². The molecule has 4 heteroatoms. The normalized spacial score (nSPS) is 11.6. The number of ether oxygens (including phenoxy) is 2. The fourth-order valence-electron chi connectivity index (χ4n) is 1.77. The molecule has 4 nitrogen and oxygen atoms in total. The molecular weight excluding hydrogens is 216 g/mol. The molecule has 1 aromatic rings. The molecule has 92 valence electrons. The van der Waals surface area contributed by atoms with Gasteiger partial charge in [0.05, 0.1) is 20.3 Å². The number of nitriles is 1. The van der Waals surface area contributed by atoms with Crippen molar-refractivity contribution in [1.29, 1.82) is 5.26 Å². The minimum Gasteiger partial charge on any atom is -0.497 e. The highest BCUT2D eigenvalue weighted by molar-refractivity contribution is 5.42. The molecule has 0 radical (unpaired) electrons. The van der Waals surface area contributed by atoms with Crippen molar-refractivity contribution in [3.63, 3.8) is 0 Å². The van der Waals surface area contributed by atoms with Crippen LogP contribution in [0.3, 0.4) is 0 Å². The summed E-state index contributed by atoms with van der Waals surface area (Å²) in [6.07, 6.45) is 1.27. The third-order valence-electron chi connectivity index (χ3n) is 2.71. The molecule has 1 atom stereocenters. The van der Waals surface area contributed by atoms with Gasteiger partial charge in [-0.3, -0.25) is 0 Å². The first-order valence-electron chi connectivity index (χ1n) is 5.53. The standard InChI is InChI=1S/C13H18N2O2/c1-15-12(5-4-8-14)11-7-6-10(16-2)9-13(11)17-3/h6-7,9,12,15H,4-5H2,1-3H3. The molecule has 0 saturated carbocycles. The Morgan fingerprint density at radius 2 is 2.12 bits per heavy atom. The van der Waals surface area contributed by atoms with E-state index in [4.69, 9.17) is 14.7 Å². The number of hydrogen-bond donors (Lipinski definition) is 1. The maximum Gasteiger partial charge on any atom is 0.127 e. The molecule has 1 aromatic carbocycles. The third kappa shape index (κ3) is 3.36. The molecule has 0 fully saturated rings. The second-order valence-corrected chi connectivity index (χ2v) is 3.65. The fourth-order valence-corrected chi connectivity index (χ4v) is 1.77. The Bertz CT molecular complexity index is 399. The molecule has 0 aliphatic carbocycles. The highest BCUT2D eigenvalue weighted by Gasteiger charge is 2.14. The van der Waals surface area contributed by atoms with Gasteiger partial charge >= 0.3 is 0 Å². The van der Waals surface area contributed by atoms with E-state index in [9.17, 15) is 0 Å². The van der Waals surface area contributed by atoms with E-state index in [2.05, 4.69) is 11.4 Å². The number of hydrogen-bond acceptors (Lipinski definition) is 4. The van der Waals surface area contributed by atoms with Gasteiger partial charge in [0.1, 0.15) is 11.5 Å². The first-order valence-corrected chi connectivity index (χ1v) is 5.53. The molecular formula is C13H18N2O2. The monoisotopic (exact) mass is 234 g/mol. The van der Waals surface area contributed by atoms with Crippen LogP contribution in [0, 0.1) is 11.3 Å². The smallest absolute Gasteiger partial charge is 0.127 e. The van der Waals surface area contributed by atoms with Crippen LogP contribution in [-0.2, 0) is 0 Å². The van der Waals surface area contributed by atoms with Crippen LogP contribution >= 0.6 is 0 Å². The lowest BCUT2D eigenvalue weighted by Gasteiger charge is -2.18. The largest absolute Gasteiger partial charge is 0.497 e. The van der Waals surface area contributed by atoms with E-state index < -0.39 is 0 Å². The SMILES string of the molecule is CNC(CCC#N)c1ccc(OC)cc1OC. The van der Waals surface area contributed by atoms with Crippen LogP contribution in [-0.4, -0.2) is 21.3 Å². The number of benzene rings is 1. The molecule has 0 spiro atoms. The average Bonchev–Trinajstić information content (AvgIpc) is 2.39. The van der Waals surface area contributed by atoms with E-state index in [1.165, 1.54) is 0 Å². The lowest BCUT2D eigenvalue weighted by Crippen LogP contribution is -2.17. The van der Waals surface area contributed by atoms with E-state index in [0.29, 0.717) is 6.42 Å². The van der Waals surface area contributed by atoms with Crippen LogP contribution in [0.5, 0.6) is 11.5 Å². The topological polar surface area (TPSA) is 54.3 Å². The summed E-state index contributed by atoms with van der Waals surface area (Å²) >= 11 is 0. The Morgan fingerprint density at radius 1 is 1.35 bits per heavy atom. The van der Waals surface area contributed by atoms with Gasteiger partial charge in [-0.05, 0) is 19.5 Å². The molecule has 1 N–H and O–H groups in total. The van der Waals surface area contributed by atoms with Crippen molar-refractivity contribution in [2.75, 3.05) is 21.3 Å². The maximum absolute atomic E-state index is 8.64. The molecule has 0 aliphatic rings. The van der Waals surface area contributed by atoms with Gasteiger partial charge in [0, 0.05) is 24.1 Å². The summed E-state index contributed by atoms with van der Waals surface area (Å²) in [5.74, 6) is 1.54. The molecule has 0 heterocycles. The number of nitrogens with one attached hydrogen (secondary N) is 1. The molecule has 0 aliphatic heterocycles.